The fourth-order valence-electron chi connectivity index (χ4n) is 1.42. The molecule has 1 amide bonds. The minimum atomic E-state index is -0.0304. The first-order chi connectivity index (χ1) is 7.20. The Hall–Kier alpha value is -1.82. The third kappa shape index (κ3) is 2.16. The number of amides is 1. The van der Waals surface area contributed by atoms with Crippen molar-refractivity contribution in [2.24, 2.45) is 0 Å². The highest BCUT2D eigenvalue weighted by Gasteiger charge is 2.23. The minimum absolute atomic E-state index is 0.0304. The van der Waals surface area contributed by atoms with E-state index in [0.29, 0.717) is 17.3 Å². The molecule has 76 valence electrons. The molecule has 1 N–H and O–H groups in total. The first kappa shape index (κ1) is 9.72. The lowest BCUT2D eigenvalue weighted by Crippen LogP contribution is -2.25. The van der Waals surface area contributed by atoms with E-state index in [-0.39, 0.29) is 5.91 Å². The first-order valence-corrected chi connectivity index (χ1v) is 4.99. The molecule has 0 aromatic heterocycles. The van der Waals surface area contributed by atoms with Crippen LogP contribution < -0.4 is 5.32 Å². The van der Waals surface area contributed by atoms with Gasteiger partial charge in [0.05, 0.1) is 6.57 Å². The lowest BCUT2D eigenvalue weighted by molar-refractivity contribution is 0.0951. The van der Waals surface area contributed by atoms with Gasteiger partial charge in [-0.05, 0) is 25.3 Å². The number of carbonyl (C=O) groups is 1. The Morgan fingerprint density at radius 3 is 2.80 bits per heavy atom. The number of nitrogens with one attached hydrogen (secondary N) is 1. The standard InChI is InChI=1S/C12H12N2O/c1-8-7-9(3-6-11(8)13-2)12(15)14-10-4-5-10/h3,6-7,10H,4-5H2,1H3,(H,14,15). The van der Waals surface area contributed by atoms with Crippen molar-refractivity contribution in [2.75, 3.05) is 0 Å². The van der Waals surface area contributed by atoms with E-state index < -0.39 is 0 Å². The van der Waals surface area contributed by atoms with Gasteiger partial charge >= 0.3 is 0 Å². The number of benzene rings is 1. The maximum Gasteiger partial charge on any atom is 0.251 e. The number of aryl methyl sites for hydroxylation is 1. The lowest BCUT2D eigenvalue weighted by Gasteiger charge is -2.04. The van der Waals surface area contributed by atoms with Crippen LogP contribution in [0.3, 0.4) is 0 Å². The third-order valence-electron chi connectivity index (χ3n) is 2.49. The van der Waals surface area contributed by atoms with Gasteiger partial charge in [-0.2, -0.15) is 0 Å². The summed E-state index contributed by atoms with van der Waals surface area (Å²) in [6, 6.07) is 5.55. The molecule has 2 rings (SSSR count). The molecule has 15 heavy (non-hydrogen) atoms. The minimum Gasteiger partial charge on any atom is -0.349 e. The zero-order valence-corrected chi connectivity index (χ0v) is 8.58. The highest BCUT2D eigenvalue weighted by Crippen LogP contribution is 2.22. The molecule has 1 saturated carbocycles. The molecule has 0 heterocycles. The zero-order chi connectivity index (χ0) is 10.8. The van der Waals surface area contributed by atoms with E-state index in [0.717, 1.165) is 18.4 Å². The Bertz CT molecular complexity index is 441. The monoisotopic (exact) mass is 200 g/mol. The molecular formula is C12H12N2O. The molecule has 1 fully saturated rings. The van der Waals surface area contributed by atoms with Crippen molar-refractivity contribution in [3.8, 4) is 0 Å². The molecule has 0 aliphatic heterocycles. The largest absolute Gasteiger partial charge is 0.349 e. The van der Waals surface area contributed by atoms with Gasteiger partial charge < -0.3 is 5.32 Å². The van der Waals surface area contributed by atoms with Crippen molar-refractivity contribution in [1.82, 2.24) is 5.32 Å². The molecule has 0 radical (unpaired) electrons. The number of hydrogen-bond donors (Lipinski definition) is 1. The summed E-state index contributed by atoms with van der Waals surface area (Å²) in [6.45, 7) is 8.76. The van der Waals surface area contributed by atoms with Gasteiger partial charge in [-0.3, -0.25) is 4.79 Å². The summed E-state index contributed by atoms with van der Waals surface area (Å²) in [5.41, 5.74) is 2.11. The number of carbonyl (C=O) groups excluding carboxylic acids is 1. The topological polar surface area (TPSA) is 33.5 Å². The van der Waals surface area contributed by atoms with Crippen LogP contribution in [0.5, 0.6) is 0 Å². The number of hydrogen-bond acceptors (Lipinski definition) is 1. The Kier molecular flexibility index (Phi) is 2.42. The Morgan fingerprint density at radius 2 is 2.27 bits per heavy atom. The van der Waals surface area contributed by atoms with E-state index in [2.05, 4.69) is 10.2 Å². The van der Waals surface area contributed by atoms with E-state index in [1.807, 2.05) is 6.92 Å². The number of nitrogens with zero attached hydrogens (tertiary/aromatic N) is 1. The van der Waals surface area contributed by atoms with Crippen LogP contribution in [0.2, 0.25) is 0 Å². The van der Waals surface area contributed by atoms with Gasteiger partial charge in [-0.25, -0.2) is 4.85 Å². The van der Waals surface area contributed by atoms with Crippen LogP contribution >= 0.6 is 0 Å². The van der Waals surface area contributed by atoms with Crippen molar-refractivity contribution in [3.63, 3.8) is 0 Å². The summed E-state index contributed by atoms with van der Waals surface area (Å²) >= 11 is 0. The van der Waals surface area contributed by atoms with Gasteiger partial charge in [0.2, 0.25) is 0 Å². The SMILES string of the molecule is [C-]#[N+]c1ccc(C(=O)NC2CC2)cc1C. The zero-order valence-electron chi connectivity index (χ0n) is 8.58. The molecule has 3 heteroatoms. The van der Waals surface area contributed by atoms with Gasteiger partial charge in [-0.15, -0.1) is 0 Å². The van der Waals surface area contributed by atoms with Crippen LogP contribution in [0.1, 0.15) is 28.8 Å². The van der Waals surface area contributed by atoms with Crippen molar-refractivity contribution < 1.29 is 4.79 Å². The van der Waals surface area contributed by atoms with Gasteiger partial charge in [-0.1, -0.05) is 18.2 Å². The van der Waals surface area contributed by atoms with Crippen molar-refractivity contribution in [2.45, 2.75) is 25.8 Å². The molecule has 0 unspecified atom stereocenters. The molecule has 3 nitrogen and oxygen atoms in total. The van der Waals surface area contributed by atoms with Crippen molar-refractivity contribution in [1.29, 1.82) is 0 Å². The quantitative estimate of drug-likeness (QED) is 0.731. The van der Waals surface area contributed by atoms with E-state index in [1.54, 1.807) is 18.2 Å². The molecule has 0 spiro atoms. The Labute approximate surface area is 88.9 Å². The second-order valence-electron chi connectivity index (χ2n) is 3.86. The lowest BCUT2D eigenvalue weighted by atomic mass is 10.1. The first-order valence-electron chi connectivity index (χ1n) is 4.99. The predicted octanol–water partition coefficient (Wildman–Crippen LogP) is 2.44. The molecule has 1 aliphatic carbocycles. The van der Waals surface area contributed by atoms with E-state index in [4.69, 9.17) is 6.57 Å². The highest BCUT2D eigenvalue weighted by atomic mass is 16.1. The van der Waals surface area contributed by atoms with Gasteiger partial charge in [0, 0.05) is 11.6 Å². The van der Waals surface area contributed by atoms with Crippen molar-refractivity contribution >= 4 is 11.6 Å². The van der Waals surface area contributed by atoms with Crippen LogP contribution in [-0.2, 0) is 0 Å². The molecule has 1 aliphatic rings. The summed E-state index contributed by atoms with van der Waals surface area (Å²) in [4.78, 5) is 15.0. The Balaban J connectivity index is 2.18. The fourth-order valence-corrected chi connectivity index (χ4v) is 1.42. The van der Waals surface area contributed by atoms with Crippen LogP contribution in [-0.4, -0.2) is 11.9 Å². The van der Waals surface area contributed by atoms with Crippen LogP contribution in [0.25, 0.3) is 4.85 Å². The molecular weight excluding hydrogens is 188 g/mol. The smallest absolute Gasteiger partial charge is 0.251 e. The normalized spacial score (nSPS) is 14.4. The summed E-state index contributed by atoms with van der Waals surface area (Å²) in [7, 11) is 0. The maximum absolute atomic E-state index is 11.7. The van der Waals surface area contributed by atoms with Crippen LogP contribution in [0.4, 0.5) is 5.69 Å². The van der Waals surface area contributed by atoms with E-state index in [9.17, 15) is 4.79 Å². The highest BCUT2D eigenvalue weighted by molar-refractivity contribution is 5.95. The molecule has 0 bridgehead atoms. The van der Waals surface area contributed by atoms with Crippen LogP contribution in [0, 0.1) is 13.5 Å². The average molecular weight is 200 g/mol. The summed E-state index contributed by atoms with van der Waals surface area (Å²) < 4.78 is 0. The van der Waals surface area contributed by atoms with E-state index >= 15 is 0 Å². The van der Waals surface area contributed by atoms with Gasteiger partial charge in [0.25, 0.3) is 5.91 Å². The summed E-state index contributed by atoms with van der Waals surface area (Å²) in [6.07, 6.45) is 2.18. The van der Waals surface area contributed by atoms with Gasteiger partial charge in [0.15, 0.2) is 5.69 Å². The third-order valence-corrected chi connectivity index (χ3v) is 2.49. The second kappa shape index (κ2) is 3.74. The van der Waals surface area contributed by atoms with E-state index in [1.165, 1.54) is 0 Å². The molecule has 0 saturated heterocycles. The number of rotatable bonds is 2. The molecule has 0 atom stereocenters. The van der Waals surface area contributed by atoms with Gasteiger partial charge in [0.1, 0.15) is 0 Å². The van der Waals surface area contributed by atoms with Crippen LogP contribution in [0.15, 0.2) is 18.2 Å². The summed E-state index contributed by atoms with van der Waals surface area (Å²) in [5, 5.41) is 2.92. The molecule has 1 aromatic rings. The maximum atomic E-state index is 11.7. The fraction of sp³-hybridized carbons (Fsp3) is 0.333. The summed E-state index contributed by atoms with van der Waals surface area (Å²) in [5.74, 6) is -0.0304. The second-order valence-corrected chi connectivity index (χ2v) is 3.86. The average Bonchev–Trinajstić information content (AvgIpc) is 3.01. The molecule has 1 aromatic carbocycles. The Morgan fingerprint density at radius 1 is 1.53 bits per heavy atom. The van der Waals surface area contributed by atoms with Crippen molar-refractivity contribution in [3.05, 3.63) is 40.7 Å². The predicted molar refractivity (Wildman–Crippen MR) is 57.9 cm³/mol.